The van der Waals surface area contributed by atoms with Crippen LogP contribution in [0.1, 0.15) is 12.8 Å². The Bertz CT molecular complexity index is 1030. The molecule has 6 nitrogen and oxygen atoms in total. The van der Waals surface area contributed by atoms with Crippen LogP contribution in [0.25, 0.3) is 0 Å². The first kappa shape index (κ1) is 23.1. The fraction of sp³-hybridized carbons (Fsp3) is 0.316. The molecule has 1 aliphatic rings. The van der Waals surface area contributed by atoms with E-state index in [-0.39, 0.29) is 44.3 Å². The summed E-state index contributed by atoms with van der Waals surface area (Å²) in [6, 6.07) is 7.16. The van der Waals surface area contributed by atoms with Gasteiger partial charge in [-0.05, 0) is 43.2 Å². The van der Waals surface area contributed by atoms with E-state index in [1.54, 1.807) is 4.90 Å². The number of amides is 1. The minimum absolute atomic E-state index is 0.00527. The second kappa shape index (κ2) is 9.70. The fourth-order valence-electron chi connectivity index (χ4n) is 2.99. The number of likely N-dealkylation sites (tertiary alicyclic amines) is 1. The number of hydrogen-bond donors (Lipinski definition) is 1. The van der Waals surface area contributed by atoms with Gasteiger partial charge in [-0.1, -0.05) is 34.8 Å². The Hall–Kier alpha value is -1.58. The summed E-state index contributed by atoms with van der Waals surface area (Å²) in [4.78, 5) is 14.0. The minimum atomic E-state index is -3.76. The number of nitrogens with zero attached hydrogens (tertiary/aromatic N) is 1. The summed E-state index contributed by atoms with van der Waals surface area (Å²) in [5.74, 6) is -0.511. The van der Waals surface area contributed by atoms with Crippen molar-refractivity contribution in [1.82, 2.24) is 9.62 Å². The van der Waals surface area contributed by atoms with E-state index in [0.29, 0.717) is 25.9 Å². The zero-order valence-electron chi connectivity index (χ0n) is 15.6. The Kier molecular flexibility index (Phi) is 7.47. The molecule has 0 spiro atoms. The molecule has 2 aromatic carbocycles. The third kappa shape index (κ3) is 5.76. The summed E-state index contributed by atoms with van der Waals surface area (Å²) < 4.78 is 45.9. The molecule has 1 fully saturated rings. The normalized spacial score (nSPS) is 15.3. The molecule has 1 heterocycles. The topological polar surface area (TPSA) is 75.7 Å². The number of carbonyl (C=O) groups excluding carboxylic acids is 1. The van der Waals surface area contributed by atoms with Crippen molar-refractivity contribution in [3.63, 3.8) is 0 Å². The molecule has 2 aromatic rings. The van der Waals surface area contributed by atoms with Crippen LogP contribution in [-0.2, 0) is 14.8 Å². The first-order valence-electron chi connectivity index (χ1n) is 8.99. The van der Waals surface area contributed by atoms with Crippen molar-refractivity contribution >= 4 is 50.7 Å². The van der Waals surface area contributed by atoms with Crippen LogP contribution in [0, 0.1) is 5.82 Å². The first-order valence-corrected chi connectivity index (χ1v) is 11.6. The Labute approximate surface area is 188 Å². The molecule has 1 saturated heterocycles. The van der Waals surface area contributed by atoms with E-state index in [4.69, 9.17) is 39.5 Å². The summed E-state index contributed by atoms with van der Waals surface area (Å²) in [6.45, 7) is 0.505. The van der Waals surface area contributed by atoms with Crippen molar-refractivity contribution in [3.05, 3.63) is 57.3 Å². The molecular formula is C19H18Cl3FN2O4S. The summed E-state index contributed by atoms with van der Waals surface area (Å²) in [5, 5.41) is 0.786. The van der Waals surface area contributed by atoms with Crippen LogP contribution in [0.2, 0.25) is 15.1 Å². The molecule has 0 unspecified atom stereocenters. The lowest BCUT2D eigenvalue weighted by Crippen LogP contribution is -2.47. The zero-order valence-corrected chi connectivity index (χ0v) is 18.7. The minimum Gasteiger partial charge on any atom is -0.482 e. The van der Waals surface area contributed by atoms with Crippen LogP contribution in [-0.4, -0.2) is 45.0 Å². The molecule has 0 aliphatic carbocycles. The molecular weight excluding hydrogens is 478 g/mol. The molecule has 0 bridgehead atoms. The number of halogens is 4. The summed E-state index contributed by atoms with van der Waals surface area (Å²) in [6.07, 6.45) is 0.888. The maximum Gasteiger partial charge on any atom is 0.260 e. The molecule has 1 amide bonds. The molecule has 1 N–H and O–H groups in total. The van der Waals surface area contributed by atoms with Gasteiger partial charge in [0.2, 0.25) is 10.0 Å². The molecule has 11 heteroatoms. The third-order valence-electron chi connectivity index (χ3n) is 4.62. The Morgan fingerprint density at radius 2 is 1.67 bits per heavy atom. The van der Waals surface area contributed by atoms with E-state index in [2.05, 4.69) is 4.72 Å². The lowest BCUT2D eigenvalue weighted by Gasteiger charge is -2.32. The summed E-state index contributed by atoms with van der Waals surface area (Å²) >= 11 is 17.8. The molecule has 0 radical (unpaired) electrons. The molecule has 3 rings (SSSR count). The van der Waals surface area contributed by atoms with Gasteiger partial charge in [0, 0.05) is 25.2 Å². The number of nitrogens with one attached hydrogen (secondary N) is 1. The van der Waals surface area contributed by atoms with Gasteiger partial charge in [0.25, 0.3) is 5.91 Å². The second-order valence-electron chi connectivity index (χ2n) is 6.72. The standard InChI is InChI=1S/C19H18Cl3FN2O4S/c20-15-9-17(22)18(10-16(15)21)29-11-19(26)25-7-5-13(6-8-25)24-30(27,28)14-3-1-12(23)2-4-14/h1-4,9-10,13,24H,5-8,11H2. The van der Waals surface area contributed by atoms with Gasteiger partial charge in [-0.3, -0.25) is 4.79 Å². The Morgan fingerprint density at radius 3 is 2.30 bits per heavy atom. The van der Waals surface area contributed by atoms with Crippen molar-refractivity contribution in [1.29, 1.82) is 0 Å². The van der Waals surface area contributed by atoms with E-state index in [9.17, 15) is 17.6 Å². The molecule has 162 valence electrons. The van der Waals surface area contributed by atoms with Gasteiger partial charge in [-0.15, -0.1) is 0 Å². The van der Waals surface area contributed by atoms with Crippen molar-refractivity contribution in [2.45, 2.75) is 23.8 Å². The fourth-order valence-corrected chi connectivity index (χ4v) is 4.89. The highest BCUT2D eigenvalue weighted by Crippen LogP contribution is 2.33. The van der Waals surface area contributed by atoms with Crippen LogP contribution < -0.4 is 9.46 Å². The Balaban J connectivity index is 1.51. The molecule has 0 aromatic heterocycles. The number of rotatable bonds is 6. The monoisotopic (exact) mass is 494 g/mol. The smallest absolute Gasteiger partial charge is 0.260 e. The van der Waals surface area contributed by atoms with Crippen LogP contribution >= 0.6 is 34.8 Å². The van der Waals surface area contributed by atoms with E-state index < -0.39 is 15.8 Å². The quantitative estimate of drug-likeness (QED) is 0.611. The second-order valence-corrected chi connectivity index (χ2v) is 9.65. The third-order valence-corrected chi connectivity index (χ3v) is 7.17. The SMILES string of the molecule is O=C(COc1cc(Cl)c(Cl)cc1Cl)N1CCC(NS(=O)(=O)c2ccc(F)cc2)CC1. The first-order chi connectivity index (χ1) is 14.2. The highest BCUT2D eigenvalue weighted by molar-refractivity contribution is 7.89. The average molecular weight is 496 g/mol. The van der Waals surface area contributed by atoms with Gasteiger partial charge in [0.1, 0.15) is 11.6 Å². The maximum absolute atomic E-state index is 13.0. The van der Waals surface area contributed by atoms with E-state index in [0.717, 1.165) is 12.1 Å². The molecule has 0 saturated carbocycles. The summed E-state index contributed by atoms with van der Waals surface area (Å²) in [7, 11) is -3.76. The number of ether oxygens (including phenoxy) is 1. The number of sulfonamides is 1. The number of piperidine rings is 1. The Morgan fingerprint density at radius 1 is 1.07 bits per heavy atom. The van der Waals surface area contributed by atoms with E-state index in [1.807, 2.05) is 0 Å². The number of carbonyl (C=O) groups is 1. The highest BCUT2D eigenvalue weighted by Gasteiger charge is 2.27. The van der Waals surface area contributed by atoms with Gasteiger partial charge in [0.05, 0.1) is 20.0 Å². The van der Waals surface area contributed by atoms with Crippen LogP contribution in [0.4, 0.5) is 4.39 Å². The van der Waals surface area contributed by atoms with Crippen molar-refractivity contribution in [3.8, 4) is 5.75 Å². The predicted molar refractivity (Wildman–Crippen MR) is 113 cm³/mol. The largest absolute Gasteiger partial charge is 0.482 e. The number of benzene rings is 2. The van der Waals surface area contributed by atoms with Gasteiger partial charge in [-0.2, -0.15) is 0 Å². The van der Waals surface area contributed by atoms with Gasteiger partial charge in [-0.25, -0.2) is 17.5 Å². The van der Waals surface area contributed by atoms with Crippen LogP contribution in [0.15, 0.2) is 41.3 Å². The lowest BCUT2D eigenvalue weighted by molar-refractivity contribution is -0.134. The summed E-state index contributed by atoms with van der Waals surface area (Å²) in [5.41, 5.74) is 0. The van der Waals surface area contributed by atoms with Crippen molar-refractivity contribution in [2.75, 3.05) is 19.7 Å². The van der Waals surface area contributed by atoms with Crippen molar-refractivity contribution < 1.29 is 22.3 Å². The molecule has 30 heavy (non-hydrogen) atoms. The highest BCUT2D eigenvalue weighted by atomic mass is 35.5. The van der Waals surface area contributed by atoms with Crippen LogP contribution in [0.5, 0.6) is 5.75 Å². The lowest BCUT2D eigenvalue weighted by atomic mass is 10.1. The van der Waals surface area contributed by atoms with Crippen LogP contribution in [0.3, 0.4) is 0 Å². The van der Waals surface area contributed by atoms with E-state index >= 15 is 0 Å². The zero-order chi connectivity index (χ0) is 21.9. The van der Waals surface area contributed by atoms with Gasteiger partial charge < -0.3 is 9.64 Å². The van der Waals surface area contributed by atoms with Gasteiger partial charge >= 0.3 is 0 Å². The van der Waals surface area contributed by atoms with Crippen molar-refractivity contribution in [2.24, 2.45) is 0 Å². The van der Waals surface area contributed by atoms with Gasteiger partial charge in [0.15, 0.2) is 6.61 Å². The predicted octanol–water partition coefficient (Wildman–Crippen LogP) is 4.13. The molecule has 1 aliphatic heterocycles. The van der Waals surface area contributed by atoms with E-state index in [1.165, 1.54) is 24.3 Å². The molecule has 0 atom stereocenters. The average Bonchev–Trinajstić information content (AvgIpc) is 2.70. The number of hydrogen-bond acceptors (Lipinski definition) is 4. The maximum atomic E-state index is 13.0.